The Kier molecular flexibility index (Phi) is 17.9. The SMILES string of the molecule is CCc1cn(CCOCCOCCOCCOCCOCCNC(=O)COCC(N)=O)nn1. The average molecular weight is 476 g/mol. The first-order chi connectivity index (χ1) is 16.1. The third-order valence-electron chi connectivity index (χ3n) is 3.95. The van der Waals surface area contributed by atoms with Crippen molar-refractivity contribution in [1.82, 2.24) is 20.3 Å². The number of hydrogen-bond donors (Lipinski definition) is 2. The molecule has 0 aliphatic carbocycles. The smallest absolute Gasteiger partial charge is 0.246 e. The highest BCUT2D eigenvalue weighted by Crippen LogP contribution is 1.93. The van der Waals surface area contributed by atoms with Crippen LogP contribution in [-0.2, 0) is 51.0 Å². The Hall–Kier alpha value is -2.16. The van der Waals surface area contributed by atoms with Crippen LogP contribution in [-0.4, -0.2) is 113 Å². The summed E-state index contributed by atoms with van der Waals surface area (Å²) >= 11 is 0. The highest BCUT2D eigenvalue weighted by molar-refractivity contribution is 5.78. The first kappa shape index (κ1) is 28.9. The van der Waals surface area contributed by atoms with Crippen LogP contribution in [0.5, 0.6) is 0 Å². The van der Waals surface area contributed by atoms with Crippen LogP contribution in [0, 0.1) is 0 Å². The van der Waals surface area contributed by atoms with Crippen LogP contribution in [0.1, 0.15) is 12.6 Å². The molecule has 0 aliphatic heterocycles. The van der Waals surface area contributed by atoms with E-state index in [0.29, 0.717) is 79.2 Å². The van der Waals surface area contributed by atoms with E-state index >= 15 is 0 Å². The van der Waals surface area contributed by atoms with Crippen molar-refractivity contribution < 1.29 is 38.0 Å². The third kappa shape index (κ3) is 18.0. The standard InChI is InChI=1S/C20H37N5O8/c1-2-18-15-25(24-23-18)4-6-29-8-10-31-12-14-32-13-11-30-9-7-28-5-3-22-20(27)17-33-16-19(21)26/h15H,2-14,16-17H2,1H3,(H2,21,26)(H,22,27). The molecule has 0 aliphatic rings. The Morgan fingerprint density at radius 1 is 0.848 bits per heavy atom. The number of carbonyl (C=O) groups is 2. The molecule has 2 amide bonds. The molecule has 1 heterocycles. The summed E-state index contributed by atoms with van der Waals surface area (Å²) in [6.45, 7) is 7.26. The van der Waals surface area contributed by atoms with Crippen LogP contribution in [0.25, 0.3) is 0 Å². The van der Waals surface area contributed by atoms with E-state index in [0.717, 1.165) is 12.1 Å². The van der Waals surface area contributed by atoms with Gasteiger partial charge in [-0.3, -0.25) is 9.59 Å². The molecule has 1 rings (SSSR count). The van der Waals surface area contributed by atoms with Crippen molar-refractivity contribution in [3.8, 4) is 0 Å². The van der Waals surface area contributed by atoms with Crippen LogP contribution < -0.4 is 11.1 Å². The summed E-state index contributed by atoms with van der Waals surface area (Å²) in [5, 5.41) is 10.6. The summed E-state index contributed by atoms with van der Waals surface area (Å²) in [4.78, 5) is 21.8. The number of rotatable bonds is 23. The quantitative estimate of drug-likeness (QED) is 0.179. The van der Waals surface area contributed by atoms with Gasteiger partial charge in [0.1, 0.15) is 13.2 Å². The molecule has 0 atom stereocenters. The maximum atomic E-state index is 11.3. The second-order valence-corrected chi connectivity index (χ2v) is 6.70. The third-order valence-corrected chi connectivity index (χ3v) is 3.95. The van der Waals surface area contributed by atoms with Gasteiger partial charge in [0.25, 0.3) is 0 Å². The molecule has 0 fully saturated rings. The molecule has 0 radical (unpaired) electrons. The molecule has 0 saturated heterocycles. The predicted molar refractivity (Wildman–Crippen MR) is 117 cm³/mol. The zero-order valence-corrected chi connectivity index (χ0v) is 19.4. The van der Waals surface area contributed by atoms with Crippen molar-refractivity contribution in [2.45, 2.75) is 19.9 Å². The lowest BCUT2D eigenvalue weighted by molar-refractivity contribution is -0.129. The van der Waals surface area contributed by atoms with E-state index in [2.05, 4.69) is 15.6 Å². The molecule has 13 nitrogen and oxygen atoms in total. The van der Waals surface area contributed by atoms with Gasteiger partial charge < -0.3 is 39.5 Å². The van der Waals surface area contributed by atoms with Crippen molar-refractivity contribution >= 4 is 11.8 Å². The number of amides is 2. The van der Waals surface area contributed by atoms with Crippen LogP contribution in [0.15, 0.2) is 6.20 Å². The number of aromatic nitrogens is 3. The Balaban J connectivity index is 1.72. The van der Waals surface area contributed by atoms with E-state index in [1.54, 1.807) is 4.68 Å². The summed E-state index contributed by atoms with van der Waals surface area (Å²) < 4.78 is 33.6. The number of aryl methyl sites for hydroxylation is 1. The second kappa shape index (κ2) is 20.4. The molecule has 190 valence electrons. The lowest BCUT2D eigenvalue weighted by atomic mass is 10.4. The minimum atomic E-state index is -0.618. The number of carbonyl (C=O) groups excluding carboxylic acids is 2. The van der Waals surface area contributed by atoms with Gasteiger partial charge >= 0.3 is 0 Å². The van der Waals surface area contributed by atoms with Gasteiger partial charge in [-0.2, -0.15) is 0 Å². The lowest BCUT2D eigenvalue weighted by Gasteiger charge is -2.08. The molecule has 0 saturated carbocycles. The zero-order chi connectivity index (χ0) is 24.0. The number of primary amides is 1. The first-order valence-corrected chi connectivity index (χ1v) is 11.0. The Bertz CT molecular complexity index is 631. The first-order valence-electron chi connectivity index (χ1n) is 11.0. The summed E-state index contributed by atoms with van der Waals surface area (Å²) in [6, 6.07) is 0. The van der Waals surface area contributed by atoms with Crippen LogP contribution in [0.2, 0.25) is 0 Å². The van der Waals surface area contributed by atoms with Crippen molar-refractivity contribution in [1.29, 1.82) is 0 Å². The second-order valence-electron chi connectivity index (χ2n) is 6.70. The summed E-state index contributed by atoms with van der Waals surface area (Å²) in [7, 11) is 0. The number of nitrogens with one attached hydrogen (secondary N) is 1. The van der Waals surface area contributed by atoms with Gasteiger partial charge in [0, 0.05) is 12.7 Å². The average Bonchev–Trinajstić information content (AvgIpc) is 3.26. The largest absolute Gasteiger partial charge is 0.377 e. The topological polar surface area (TPSA) is 158 Å². The van der Waals surface area contributed by atoms with E-state index < -0.39 is 5.91 Å². The van der Waals surface area contributed by atoms with Gasteiger partial charge in [-0.1, -0.05) is 12.1 Å². The number of ether oxygens (including phenoxy) is 6. The van der Waals surface area contributed by atoms with Gasteiger partial charge in [-0.25, -0.2) is 4.68 Å². The number of hydrogen-bond acceptors (Lipinski definition) is 10. The summed E-state index contributed by atoms with van der Waals surface area (Å²) in [5.74, 6) is -0.953. The van der Waals surface area contributed by atoms with E-state index in [9.17, 15) is 9.59 Å². The van der Waals surface area contributed by atoms with E-state index in [1.165, 1.54) is 0 Å². The van der Waals surface area contributed by atoms with E-state index in [1.807, 2.05) is 13.1 Å². The maximum Gasteiger partial charge on any atom is 0.246 e. The monoisotopic (exact) mass is 475 g/mol. The zero-order valence-electron chi connectivity index (χ0n) is 19.4. The Labute approximate surface area is 194 Å². The Morgan fingerprint density at radius 3 is 1.91 bits per heavy atom. The molecule has 1 aromatic rings. The molecule has 0 unspecified atom stereocenters. The number of nitrogens with two attached hydrogens (primary N) is 1. The van der Waals surface area contributed by atoms with Gasteiger partial charge in [0.2, 0.25) is 11.8 Å². The minimum absolute atomic E-state index is 0.213. The molecule has 13 heteroatoms. The van der Waals surface area contributed by atoms with Crippen molar-refractivity contribution in [2.24, 2.45) is 5.73 Å². The molecule has 0 bridgehead atoms. The fourth-order valence-electron chi connectivity index (χ4n) is 2.31. The van der Waals surface area contributed by atoms with Gasteiger partial charge in [-0.05, 0) is 6.42 Å². The normalized spacial score (nSPS) is 11.1. The predicted octanol–water partition coefficient (Wildman–Crippen LogP) is -1.46. The highest BCUT2D eigenvalue weighted by atomic mass is 16.6. The maximum absolute atomic E-state index is 11.3. The highest BCUT2D eigenvalue weighted by Gasteiger charge is 2.02. The number of nitrogens with zero attached hydrogens (tertiary/aromatic N) is 3. The molecular formula is C20H37N5O8. The van der Waals surface area contributed by atoms with Crippen LogP contribution in [0.3, 0.4) is 0 Å². The van der Waals surface area contributed by atoms with E-state index in [4.69, 9.17) is 34.2 Å². The van der Waals surface area contributed by atoms with Crippen LogP contribution >= 0.6 is 0 Å². The molecule has 0 spiro atoms. The van der Waals surface area contributed by atoms with E-state index in [-0.39, 0.29) is 19.1 Å². The summed E-state index contributed by atoms with van der Waals surface area (Å²) in [5.41, 5.74) is 5.87. The van der Waals surface area contributed by atoms with Gasteiger partial charge in [0.05, 0.1) is 78.3 Å². The lowest BCUT2D eigenvalue weighted by Crippen LogP contribution is -2.32. The minimum Gasteiger partial charge on any atom is -0.377 e. The fourth-order valence-corrected chi connectivity index (χ4v) is 2.31. The van der Waals surface area contributed by atoms with Crippen molar-refractivity contribution in [2.75, 3.05) is 85.8 Å². The van der Waals surface area contributed by atoms with Gasteiger partial charge in [-0.15, -0.1) is 5.10 Å². The fraction of sp³-hybridized carbons (Fsp3) is 0.800. The van der Waals surface area contributed by atoms with Gasteiger partial charge in [0.15, 0.2) is 0 Å². The molecule has 0 aromatic carbocycles. The van der Waals surface area contributed by atoms with Crippen LogP contribution in [0.4, 0.5) is 0 Å². The molecular weight excluding hydrogens is 438 g/mol. The van der Waals surface area contributed by atoms with Crippen molar-refractivity contribution in [3.63, 3.8) is 0 Å². The Morgan fingerprint density at radius 2 is 1.39 bits per heavy atom. The molecule has 3 N–H and O–H groups in total. The molecule has 33 heavy (non-hydrogen) atoms. The summed E-state index contributed by atoms with van der Waals surface area (Å²) in [6.07, 6.45) is 2.80. The van der Waals surface area contributed by atoms with Crippen molar-refractivity contribution in [3.05, 3.63) is 11.9 Å². The molecule has 1 aromatic heterocycles.